The minimum Gasteiger partial charge on any atom is -0.480 e. The van der Waals surface area contributed by atoms with Crippen molar-refractivity contribution in [2.45, 2.75) is 12.8 Å². The van der Waals surface area contributed by atoms with Gasteiger partial charge in [-0.25, -0.2) is 0 Å². The van der Waals surface area contributed by atoms with Crippen LogP contribution in [0.2, 0.25) is 0 Å². The van der Waals surface area contributed by atoms with Gasteiger partial charge in [-0.2, -0.15) is 0 Å². The summed E-state index contributed by atoms with van der Waals surface area (Å²) in [5.41, 5.74) is 0. The average molecular weight is 269 g/mol. The summed E-state index contributed by atoms with van der Waals surface area (Å²) in [7, 11) is 2.05. The standard InChI is InChI=1S/C13H23N3O3/c1-14-6-3-11(9-14)13(19)16-5-2-4-15(7-8-16)10-12(17)18/h11H,2-10H2,1H3,(H,17,18). The number of amides is 1. The molecule has 2 aliphatic heterocycles. The van der Waals surface area contributed by atoms with E-state index in [0.29, 0.717) is 13.1 Å². The topological polar surface area (TPSA) is 64.1 Å². The third-order valence-electron chi connectivity index (χ3n) is 4.00. The quantitative estimate of drug-likeness (QED) is 0.752. The second-order valence-electron chi connectivity index (χ2n) is 5.60. The zero-order valence-electron chi connectivity index (χ0n) is 11.5. The number of nitrogens with zero attached hydrogens (tertiary/aromatic N) is 3. The van der Waals surface area contributed by atoms with Crippen LogP contribution < -0.4 is 0 Å². The summed E-state index contributed by atoms with van der Waals surface area (Å²) in [5.74, 6) is -0.408. The van der Waals surface area contributed by atoms with E-state index in [1.54, 1.807) is 0 Å². The molecule has 0 aromatic heterocycles. The van der Waals surface area contributed by atoms with Crippen LogP contribution in [0.25, 0.3) is 0 Å². The van der Waals surface area contributed by atoms with Crippen molar-refractivity contribution in [1.29, 1.82) is 0 Å². The van der Waals surface area contributed by atoms with Gasteiger partial charge in [-0.3, -0.25) is 14.5 Å². The van der Waals surface area contributed by atoms with Crippen molar-refractivity contribution in [3.05, 3.63) is 0 Å². The first-order chi connectivity index (χ1) is 9.06. The van der Waals surface area contributed by atoms with Gasteiger partial charge >= 0.3 is 5.97 Å². The lowest BCUT2D eigenvalue weighted by atomic mass is 10.1. The average Bonchev–Trinajstić information content (AvgIpc) is 2.65. The van der Waals surface area contributed by atoms with Crippen LogP contribution in [0, 0.1) is 5.92 Å². The molecule has 19 heavy (non-hydrogen) atoms. The van der Waals surface area contributed by atoms with Crippen molar-refractivity contribution in [3.63, 3.8) is 0 Å². The van der Waals surface area contributed by atoms with Gasteiger partial charge in [0.1, 0.15) is 0 Å². The Labute approximate surface area is 114 Å². The number of carboxylic acid groups (broad SMARTS) is 1. The fourth-order valence-electron chi connectivity index (χ4n) is 2.94. The van der Waals surface area contributed by atoms with Crippen LogP contribution >= 0.6 is 0 Å². The van der Waals surface area contributed by atoms with E-state index in [1.165, 1.54) is 0 Å². The van der Waals surface area contributed by atoms with Gasteiger partial charge in [0.2, 0.25) is 5.91 Å². The van der Waals surface area contributed by atoms with Crippen LogP contribution in [0.3, 0.4) is 0 Å². The predicted molar refractivity (Wildman–Crippen MR) is 70.9 cm³/mol. The summed E-state index contributed by atoms with van der Waals surface area (Å²) in [6.45, 7) is 4.78. The Morgan fingerprint density at radius 1 is 1.16 bits per heavy atom. The van der Waals surface area contributed by atoms with E-state index in [0.717, 1.165) is 39.0 Å². The Morgan fingerprint density at radius 3 is 2.58 bits per heavy atom. The molecule has 1 atom stereocenters. The number of carbonyl (C=O) groups excluding carboxylic acids is 1. The fraction of sp³-hybridized carbons (Fsp3) is 0.846. The van der Waals surface area contributed by atoms with Gasteiger partial charge in [0, 0.05) is 32.7 Å². The highest BCUT2D eigenvalue weighted by atomic mass is 16.4. The lowest BCUT2D eigenvalue weighted by Crippen LogP contribution is -2.40. The molecule has 0 aromatic carbocycles. The lowest BCUT2D eigenvalue weighted by molar-refractivity contribution is -0.138. The fourth-order valence-corrected chi connectivity index (χ4v) is 2.94. The molecule has 6 heteroatoms. The van der Waals surface area contributed by atoms with Crippen molar-refractivity contribution in [1.82, 2.24) is 14.7 Å². The van der Waals surface area contributed by atoms with E-state index >= 15 is 0 Å². The van der Waals surface area contributed by atoms with Crippen LogP contribution in [0.1, 0.15) is 12.8 Å². The molecular formula is C13H23N3O3. The normalized spacial score (nSPS) is 26.4. The summed E-state index contributed by atoms with van der Waals surface area (Å²) in [5, 5.41) is 8.81. The number of rotatable bonds is 3. The molecule has 108 valence electrons. The molecule has 2 saturated heterocycles. The maximum absolute atomic E-state index is 12.4. The molecule has 2 heterocycles. The second-order valence-corrected chi connectivity index (χ2v) is 5.60. The van der Waals surface area contributed by atoms with Crippen LogP contribution in [0.5, 0.6) is 0 Å². The smallest absolute Gasteiger partial charge is 0.317 e. The molecular weight excluding hydrogens is 246 g/mol. The molecule has 2 rings (SSSR count). The van der Waals surface area contributed by atoms with Crippen LogP contribution in [0.15, 0.2) is 0 Å². The summed E-state index contributed by atoms with van der Waals surface area (Å²) < 4.78 is 0. The van der Waals surface area contributed by atoms with Crippen LogP contribution in [-0.4, -0.2) is 84.5 Å². The van der Waals surface area contributed by atoms with Crippen molar-refractivity contribution >= 4 is 11.9 Å². The Balaban J connectivity index is 1.85. The van der Waals surface area contributed by atoms with Crippen LogP contribution in [-0.2, 0) is 9.59 Å². The molecule has 2 aliphatic rings. The second kappa shape index (κ2) is 6.34. The SMILES string of the molecule is CN1CCC(C(=O)N2CCCN(CC(=O)O)CC2)C1. The number of hydrogen-bond donors (Lipinski definition) is 1. The first-order valence-electron chi connectivity index (χ1n) is 6.97. The molecule has 6 nitrogen and oxygen atoms in total. The molecule has 2 fully saturated rings. The van der Waals surface area contributed by atoms with E-state index < -0.39 is 5.97 Å². The molecule has 0 aliphatic carbocycles. The van der Waals surface area contributed by atoms with Gasteiger partial charge in [0.15, 0.2) is 0 Å². The highest BCUT2D eigenvalue weighted by molar-refractivity contribution is 5.79. The van der Waals surface area contributed by atoms with Crippen molar-refractivity contribution in [2.24, 2.45) is 5.92 Å². The van der Waals surface area contributed by atoms with Gasteiger partial charge in [-0.15, -0.1) is 0 Å². The lowest BCUT2D eigenvalue weighted by Gasteiger charge is -2.24. The van der Waals surface area contributed by atoms with Crippen LogP contribution in [0.4, 0.5) is 0 Å². The summed E-state index contributed by atoms with van der Waals surface area (Å²) in [6.07, 6.45) is 1.81. The highest BCUT2D eigenvalue weighted by Gasteiger charge is 2.30. The Hall–Kier alpha value is -1.14. The molecule has 0 spiro atoms. The monoisotopic (exact) mass is 269 g/mol. The maximum atomic E-state index is 12.4. The molecule has 0 aromatic rings. The maximum Gasteiger partial charge on any atom is 0.317 e. The first-order valence-corrected chi connectivity index (χ1v) is 6.97. The zero-order valence-corrected chi connectivity index (χ0v) is 11.5. The van der Waals surface area contributed by atoms with Crippen molar-refractivity contribution in [3.8, 4) is 0 Å². The number of aliphatic carboxylic acids is 1. The molecule has 1 amide bonds. The molecule has 0 bridgehead atoms. The highest BCUT2D eigenvalue weighted by Crippen LogP contribution is 2.18. The zero-order chi connectivity index (χ0) is 13.8. The van der Waals surface area contributed by atoms with Crippen molar-refractivity contribution in [2.75, 3.05) is 52.9 Å². The third kappa shape index (κ3) is 3.91. The summed E-state index contributed by atoms with van der Waals surface area (Å²) in [6, 6.07) is 0. The van der Waals surface area contributed by atoms with Gasteiger partial charge in [-0.1, -0.05) is 0 Å². The number of carboxylic acids is 1. The van der Waals surface area contributed by atoms with Crippen molar-refractivity contribution < 1.29 is 14.7 Å². The largest absolute Gasteiger partial charge is 0.480 e. The Bertz CT molecular complexity index is 348. The Morgan fingerprint density at radius 2 is 1.95 bits per heavy atom. The Kier molecular flexibility index (Phi) is 4.76. The predicted octanol–water partition coefficient (Wildman–Crippen LogP) is -0.443. The number of likely N-dealkylation sites (tertiary alicyclic amines) is 1. The number of hydrogen-bond acceptors (Lipinski definition) is 4. The van der Waals surface area contributed by atoms with E-state index in [-0.39, 0.29) is 18.4 Å². The summed E-state index contributed by atoms with van der Waals surface area (Å²) >= 11 is 0. The van der Waals surface area contributed by atoms with Gasteiger partial charge in [0.05, 0.1) is 12.5 Å². The molecule has 0 radical (unpaired) electrons. The summed E-state index contributed by atoms with van der Waals surface area (Å²) in [4.78, 5) is 29.1. The minimum absolute atomic E-state index is 0.0776. The molecule has 1 unspecified atom stereocenters. The van der Waals surface area contributed by atoms with E-state index in [4.69, 9.17) is 5.11 Å². The third-order valence-corrected chi connectivity index (χ3v) is 4.00. The van der Waals surface area contributed by atoms with E-state index in [9.17, 15) is 9.59 Å². The van der Waals surface area contributed by atoms with Gasteiger partial charge in [-0.05, 0) is 26.4 Å². The first kappa shape index (κ1) is 14.3. The van der Waals surface area contributed by atoms with Gasteiger partial charge < -0.3 is 14.9 Å². The minimum atomic E-state index is -0.794. The molecule has 0 saturated carbocycles. The van der Waals surface area contributed by atoms with E-state index in [2.05, 4.69) is 4.90 Å². The molecule has 1 N–H and O–H groups in total. The van der Waals surface area contributed by atoms with Gasteiger partial charge in [0.25, 0.3) is 0 Å². The number of carbonyl (C=O) groups is 2. The van der Waals surface area contributed by atoms with E-state index in [1.807, 2.05) is 16.8 Å².